The first-order valence-electron chi connectivity index (χ1n) is 5.08. The molecule has 0 spiro atoms. The van der Waals surface area contributed by atoms with E-state index in [1.165, 1.54) is 12.1 Å². The lowest BCUT2D eigenvalue weighted by Gasteiger charge is -1.93. The maximum Gasteiger partial charge on any atom is 0.269 e. The van der Waals surface area contributed by atoms with E-state index in [0.717, 1.165) is 0 Å². The second kappa shape index (κ2) is 10.7. The Hall–Kier alpha value is -1.42. The van der Waals surface area contributed by atoms with Crippen molar-refractivity contribution in [3.8, 4) is 0 Å². The lowest BCUT2D eigenvalue weighted by Crippen LogP contribution is -1.89. The minimum atomic E-state index is -0.487. The third-order valence-corrected chi connectivity index (χ3v) is 1.30. The van der Waals surface area contributed by atoms with Crippen molar-refractivity contribution in [2.75, 3.05) is 0 Å². The number of aliphatic hydroxyl groups excluding tert-OH is 1. The standard InChI is InChI=1S/C7H7NO3.2C2H6/c9-5-6-2-1-3-7(4-6)8(10)11;2*1-2/h1-4,9H,5H2;2*1-2H3. The van der Waals surface area contributed by atoms with E-state index in [1.807, 2.05) is 27.7 Å². The molecule has 0 atom stereocenters. The summed E-state index contributed by atoms with van der Waals surface area (Å²) in [5.74, 6) is 0. The fourth-order valence-electron chi connectivity index (χ4n) is 0.768. The van der Waals surface area contributed by atoms with Gasteiger partial charge in [-0.05, 0) is 5.56 Å². The number of non-ortho nitro benzene ring substituents is 1. The van der Waals surface area contributed by atoms with E-state index >= 15 is 0 Å². The second-order valence-corrected chi connectivity index (χ2v) is 2.09. The van der Waals surface area contributed by atoms with Crippen LogP contribution in [0.5, 0.6) is 0 Å². The minimum absolute atomic E-state index is 0.0107. The van der Waals surface area contributed by atoms with Crippen LogP contribution < -0.4 is 0 Å². The highest BCUT2D eigenvalue weighted by atomic mass is 16.6. The van der Waals surface area contributed by atoms with Crippen molar-refractivity contribution in [3.05, 3.63) is 39.9 Å². The molecule has 0 heterocycles. The lowest BCUT2D eigenvalue weighted by atomic mass is 10.2. The van der Waals surface area contributed by atoms with E-state index in [4.69, 9.17) is 5.11 Å². The maximum atomic E-state index is 10.2. The highest BCUT2D eigenvalue weighted by Gasteiger charge is 2.03. The van der Waals surface area contributed by atoms with Crippen molar-refractivity contribution >= 4 is 5.69 Å². The number of nitrogens with zero attached hydrogens (tertiary/aromatic N) is 1. The Bertz CT molecular complexity index is 274. The summed E-state index contributed by atoms with van der Waals surface area (Å²) in [6.45, 7) is 7.84. The lowest BCUT2D eigenvalue weighted by molar-refractivity contribution is -0.384. The zero-order chi connectivity index (χ0) is 12.3. The molecule has 0 unspecified atom stereocenters. The summed E-state index contributed by atoms with van der Waals surface area (Å²) >= 11 is 0. The van der Waals surface area contributed by atoms with Gasteiger partial charge in [-0.25, -0.2) is 0 Å². The van der Waals surface area contributed by atoms with Gasteiger partial charge in [0.05, 0.1) is 11.5 Å². The molecule has 1 aromatic carbocycles. The number of aliphatic hydroxyl groups is 1. The Labute approximate surface area is 90.7 Å². The number of hydrogen-bond acceptors (Lipinski definition) is 3. The molecule has 1 aromatic rings. The van der Waals surface area contributed by atoms with Crippen LogP contribution in [0.3, 0.4) is 0 Å². The topological polar surface area (TPSA) is 63.4 Å². The number of nitro groups is 1. The van der Waals surface area contributed by atoms with Gasteiger partial charge in [0.25, 0.3) is 5.69 Å². The highest BCUT2D eigenvalue weighted by molar-refractivity contribution is 5.33. The van der Waals surface area contributed by atoms with Crippen molar-refractivity contribution in [3.63, 3.8) is 0 Å². The van der Waals surface area contributed by atoms with Gasteiger partial charge in [-0.1, -0.05) is 39.8 Å². The Kier molecular flexibility index (Phi) is 11.4. The summed E-state index contributed by atoms with van der Waals surface area (Å²) in [5.41, 5.74) is 0.566. The van der Waals surface area contributed by atoms with E-state index in [9.17, 15) is 10.1 Å². The fourth-order valence-corrected chi connectivity index (χ4v) is 0.768. The van der Waals surface area contributed by atoms with E-state index in [2.05, 4.69) is 0 Å². The fraction of sp³-hybridized carbons (Fsp3) is 0.455. The molecule has 0 amide bonds. The van der Waals surface area contributed by atoms with Crippen molar-refractivity contribution in [1.29, 1.82) is 0 Å². The molecule has 0 aliphatic heterocycles. The largest absolute Gasteiger partial charge is 0.392 e. The summed E-state index contributed by atoms with van der Waals surface area (Å²) in [6, 6.07) is 5.91. The quantitative estimate of drug-likeness (QED) is 0.606. The van der Waals surface area contributed by atoms with Gasteiger partial charge in [0, 0.05) is 12.1 Å². The first-order chi connectivity index (χ1) is 7.24. The molecule has 1 N–H and O–H groups in total. The van der Waals surface area contributed by atoms with Crippen LogP contribution >= 0.6 is 0 Å². The first-order valence-corrected chi connectivity index (χ1v) is 5.08. The monoisotopic (exact) mass is 213 g/mol. The summed E-state index contributed by atoms with van der Waals surface area (Å²) < 4.78 is 0. The van der Waals surface area contributed by atoms with Crippen LogP contribution in [0.1, 0.15) is 33.3 Å². The van der Waals surface area contributed by atoms with Gasteiger partial charge < -0.3 is 5.11 Å². The van der Waals surface area contributed by atoms with Gasteiger partial charge in [0.2, 0.25) is 0 Å². The average molecular weight is 213 g/mol. The van der Waals surface area contributed by atoms with Crippen molar-refractivity contribution in [2.24, 2.45) is 0 Å². The molecule has 0 aliphatic carbocycles. The Morgan fingerprint density at radius 3 is 2.20 bits per heavy atom. The van der Waals surface area contributed by atoms with Crippen LogP contribution in [-0.2, 0) is 6.61 Å². The van der Waals surface area contributed by atoms with Gasteiger partial charge in [-0.3, -0.25) is 10.1 Å². The van der Waals surface area contributed by atoms with Crippen LogP contribution in [0.4, 0.5) is 5.69 Å². The van der Waals surface area contributed by atoms with Crippen molar-refractivity contribution < 1.29 is 10.0 Å². The maximum absolute atomic E-state index is 10.2. The molecule has 0 aliphatic rings. The van der Waals surface area contributed by atoms with Crippen LogP contribution in [0, 0.1) is 10.1 Å². The van der Waals surface area contributed by atoms with Gasteiger partial charge in [0.15, 0.2) is 0 Å². The first kappa shape index (κ1) is 16.0. The number of nitro benzene ring substituents is 1. The molecule has 0 fully saturated rings. The normalized spacial score (nSPS) is 7.80. The molecule has 15 heavy (non-hydrogen) atoms. The summed E-state index contributed by atoms with van der Waals surface area (Å²) in [4.78, 5) is 9.71. The molecule has 0 saturated carbocycles. The number of hydrogen-bond donors (Lipinski definition) is 1. The predicted molar refractivity (Wildman–Crippen MR) is 61.7 cm³/mol. The summed E-state index contributed by atoms with van der Waals surface area (Å²) in [7, 11) is 0. The van der Waals surface area contributed by atoms with E-state index in [0.29, 0.717) is 5.56 Å². The average Bonchev–Trinajstić information content (AvgIpc) is 2.34. The zero-order valence-electron chi connectivity index (χ0n) is 9.73. The Morgan fingerprint density at radius 1 is 1.27 bits per heavy atom. The van der Waals surface area contributed by atoms with Crippen LogP contribution in [0.2, 0.25) is 0 Å². The van der Waals surface area contributed by atoms with Crippen LogP contribution in [0.25, 0.3) is 0 Å². The van der Waals surface area contributed by atoms with Crippen LogP contribution in [0.15, 0.2) is 24.3 Å². The molecule has 86 valence electrons. The molecular formula is C11H19NO3. The van der Waals surface area contributed by atoms with Gasteiger partial charge in [-0.2, -0.15) is 0 Å². The molecule has 1 rings (SSSR count). The molecule has 0 bridgehead atoms. The van der Waals surface area contributed by atoms with E-state index in [1.54, 1.807) is 12.1 Å². The van der Waals surface area contributed by atoms with Crippen LogP contribution in [-0.4, -0.2) is 10.0 Å². The molecular weight excluding hydrogens is 194 g/mol. The summed E-state index contributed by atoms with van der Waals surface area (Å²) in [6.07, 6.45) is 0. The van der Waals surface area contributed by atoms with E-state index in [-0.39, 0.29) is 12.3 Å². The van der Waals surface area contributed by atoms with Crippen molar-refractivity contribution in [1.82, 2.24) is 0 Å². The summed E-state index contributed by atoms with van der Waals surface area (Å²) in [5, 5.41) is 18.8. The van der Waals surface area contributed by atoms with Gasteiger partial charge >= 0.3 is 0 Å². The molecule has 0 radical (unpaired) electrons. The van der Waals surface area contributed by atoms with Crippen molar-refractivity contribution in [2.45, 2.75) is 34.3 Å². The molecule has 4 nitrogen and oxygen atoms in total. The SMILES string of the molecule is CC.CC.O=[N+]([O-])c1cccc(CO)c1. The van der Waals surface area contributed by atoms with Gasteiger partial charge in [-0.15, -0.1) is 0 Å². The highest BCUT2D eigenvalue weighted by Crippen LogP contribution is 2.12. The third kappa shape index (κ3) is 6.62. The Balaban J connectivity index is 0. The zero-order valence-corrected chi connectivity index (χ0v) is 9.73. The smallest absolute Gasteiger partial charge is 0.269 e. The second-order valence-electron chi connectivity index (χ2n) is 2.09. The molecule has 0 aromatic heterocycles. The third-order valence-electron chi connectivity index (χ3n) is 1.30. The molecule has 0 saturated heterocycles. The van der Waals surface area contributed by atoms with E-state index < -0.39 is 4.92 Å². The number of rotatable bonds is 2. The minimum Gasteiger partial charge on any atom is -0.392 e. The van der Waals surface area contributed by atoms with Gasteiger partial charge in [0.1, 0.15) is 0 Å². The predicted octanol–water partition coefficient (Wildman–Crippen LogP) is 3.14. The number of benzene rings is 1. The molecule has 4 heteroatoms. The Morgan fingerprint density at radius 2 is 1.80 bits per heavy atom.